The summed E-state index contributed by atoms with van der Waals surface area (Å²) in [6, 6.07) is 17.5. The lowest BCUT2D eigenvalue weighted by molar-refractivity contribution is 0.102. The molecule has 5 nitrogen and oxygen atoms in total. The van der Waals surface area contributed by atoms with Gasteiger partial charge in [0.15, 0.2) is 0 Å². The van der Waals surface area contributed by atoms with Crippen molar-refractivity contribution in [2.45, 2.75) is 19.5 Å². The molecule has 0 aliphatic carbocycles. The highest BCUT2D eigenvalue weighted by atomic mass is 16.5. The molecule has 142 valence electrons. The Morgan fingerprint density at radius 2 is 2.04 bits per heavy atom. The van der Waals surface area contributed by atoms with E-state index in [1.165, 1.54) is 16.7 Å². The van der Waals surface area contributed by atoms with Crippen LogP contribution in [0.5, 0.6) is 5.75 Å². The summed E-state index contributed by atoms with van der Waals surface area (Å²) in [5.41, 5.74) is 5.15. The molecule has 0 bridgehead atoms. The van der Waals surface area contributed by atoms with Gasteiger partial charge in [-0.15, -0.1) is 0 Å². The highest BCUT2D eigenvalue weighted by molar-refractivity contribution is 6.06. The maximum absolute atomic E-state index is 12.7. The minimum absolute atomic E-state index is 0.166. The first-order valence-corrected chi connectivity index (χ1v) is 9.40. The number of para-hydroxylation sites is 1. The van der Waals surface area contributed by atoms with Gasteiger partial charge in [0.2, 0.25) is 0 Å². The summed E-state index contributed by atoms with van der Waals surface area (Å²) >= 11 is 0. The largest absolute Gasteiger partial charge is 0.496 e. The number of rotatable bonds is 5. The number of nitrogens with zero attached hydrogens (tertiary/aromatic N) is 2. The van der Waals surface area contributed by atoms with Crippen LogP contribution in [0.4, 0.5) is 5.69 Å². The van der Waals surface area contributed by atoms with E-state index in [4.69, 9.17) is 4.74 Å². The highest BCUT2D eigenvalue weighted by Crippen LogP contribution is 2.25. The summed E-state index contributed by atoms with van der Waals surface area (Å²) in [7, 11) is 1.57. The average Bonchev–Trinajstić information content (AvgIpc) is 2.74. The van der Waals surface area contributed by atoms with Gasteiger partial charge in [-0.1, -0.05) is 24.3 Å². The Morgan fingerprint density at radius 3 is 2.86 bits per heavy atom. The van der Waals surface area contributed by atoms with Crippen molar-refractivity contribution in [1.29, 1.82) is 0 Å². The highest BCUT2D eigenvalue weighted by Gasteiger charge is 2.18. The van der Waals surface area contributed by atoms with E-state index in [2.05, 4.69) is 33.4 Å². The fraction of sp³-hybridized carbons (Fsp3) is 0.217. The number of fused-ring (bicyclic) bond motifs is 1. The Hall–Kier alpha value is -3.18. The van der Waals surface area contributed by atoms with Crippen LogP contribution in [-0.4, -0.2) is 29.4 Å². The van der Waals surface area contributed by atoms with Crippen molar-refractivity contribution >= 4 is 11.6 Å². The van der Waals surface area contributed by atoms with Crippen molar-refractivity contribution in [3.8, 4) is 5.75 Å². The number of benzene rings is 2. The number of methoxy groups -OCH3 is 1. The van der Waals surface area contributed by atoms with Crippen LogP contribution in [0.3, 0.4) is 0 Å². The zero-order chi connectivity index (χ0) is 19.3. The third-order valence-electron chi connectivity index (χ3n) is 5.04. The number of amides is 1. The second kappa shape index (κ2) is 8.23. The van der Waals surface area contributed by atoms with Gasteiger partial charge in [0.1, 0.15) is 5.75 Å². The molecular formula is C23H23N3O2. The summed E-state index contributed by atoms with van der Waals surface area (Å²) < 4.78 is 5.29. The Bertz CT molecular complexity index is 973. The van der Waals surface area contributed by atoms with Crippen molar-refractivity contribution in [2.24, 2.45) is 0 Å². The van der Waals surface area contributed by atoms with Crippen molar-refractivity contribution in [2.75, 3.05) is 19.0 Å². The normalized spacial score (nSPS) is 13.6. The van der Waals surface area contributed by atoms with Gasteiger partial charge in [0.25, 0.3) is 5.91 Å². The van der Waals surface area contributed by atoms with Gasteiger partial charge in [0.05, 0.1) is 12.7 Å². The molecule has 0 radical (unpaired) electrons. The lowest BCUT2D eigenvalue weighted by atomic mass is 9.98. The quantitative estimate of drug-likeness (QED) is 0.737. The molecule has 0 saturated heterocycles. The molecule has 0 atom stereocenters. The Morgan fingerprint density at radius 1 is 1.14 bits per heavy atom. The molecule has 0 unspecified atom stereocenters. The summed E-state index contributed by atoms with van der Waals surface area (Å²) in [6.45, 7) is 2.77. The van der Waals surface area contributed by atoms with Crippen LogP contribution in [0, 0.1) is 0 Å². The van der Waals surface area contributed by atoms with Crippen LogP contribution in [0.2, 0.25) is 0 Å². The van der Waals surface area contributed by atoms with E-state index in [0.717, 1.165) is 31.7 Å². The molecule has 1 aliphatic rings. The Kier molecular flexibility index (Phi) is 5.35. The fourth-order valence-corrected chi connectivity index (χ4v) is 3.61. The number of hydrogen-bond acceptors (Lipinski definition) is 4. The molecule has 1 amide bonds. The molecule has 0 fully saturated rings. The van der Waals surface area contributed by atoms with Gasteiger partial charge in [0, 0.05) is 37.7 Å². The lowest BCUT2D eigenvalue weighted by Crippen LogP contribution is -2.30. The maximum Gasteiger partial charge on any atom is 0.259 e. The van der Waals surface area contributed by atoms with E-state index in [1.54, 1.807) is 25.4 Å². The summed E-state index contributed by atoms with van der Waals surface area (Å²) in [5, 5.41) is 3.00. The van der Waals surface area contributed by atoms with Crippen LogP contribution in [0.25, 0.3) is 0 Å². The monoisotopic (exact) mass is 373 g/mol. The lowest BCUT2D eigenvalue weighted by Gasteiger charge is -2.29. The third kappa shape index (κ3) is 4.05. The van der Waals surface area contributed by atoms with Crippen LogP contribution in [0.15, 0.2) is 67.0 Å². The van der Waals surface area contributed by atoms with E-state index in [1.807, 2.05) is 30.5 Å². The smallest absolute Gasteiger partial charge is 0.259 e. The summed E-state index contributed by atoms with van der Waals surface area (Å²) in [6.07, 6.45) is 4.72. The number of nitrogens with one attached hydrogen (secondary N) is 1. The van der Waals surface area contributed by atoms with Gasteiger partial charge in [-0.2, -0.15) is 0 Å². The second-order valence-corrected chi connectivity index (χ2v) is 6.96. The Labute approximate surface area is 165 Å². The second-order valence-electron chi connectivity index (χ2n) is 6.96. The molecule has 0 saturated carbocycles. The van der Waals surface area contributed by atoms with Crippen molar-refractivity contribution in [3.63, 3.8) is 0 Å². The maximum atomic E-state index is 12.7. The van der Waals surface area contributed by atoms with Gasteiger partial charge in [-0.25, -0.2) is 0 Å². The number of carbonyl (C=O) groups excluding carboxylic acids is 1. The molecule has 2 aromatic carbocycles. The fourth-order valence-electron chi connectivity index (χ4n) is 3.61. The summed E-state index contributed by atoms with van der Waals surface area (Å²) in [5.74, 6) is 0.404. The third-order valence-corrected chi connectivity index (χ3v) is 5.04. The standard InChI is InChI=1S/C23H23N3O2/c1-28-22-7-3-2-6-21(22)23(27)25-20-9-8-18-10-12-26(16-19(18)13-20)15-17-5-4-11-24-14-17/h2-9,11,13-14H,10,12,15-16H2,1H3,(H,25,27). The van der Waals surface area contributed by atoms with Crippen LogP contribution in [0.1, 0.15) is 27.0 Å². The number of aromatic nitrogens is 1. The van der Waals surface area contributed by atoms with Crippen molar-refractivity contribution in [3.05, 3.63) is 89.2 Å². The van der Waals surface area contributed by atoms with Gasteiger partial charge in [-0.3, -0.25) is 14.7 Å². The number of hydrogen-bond donors (Lipinski definition) is 1. The first-order valence-electron chi connectivity index (χ1n) is 9.40. The molecular weight excluding hydrogens is 350 g/mol. The van der Waals surface area contributed by atoms with Crippen LogP contribution in [-0.2, 0) is 19.5 Å². The predicted octanol–water partition coefficient (Wildman–Crippen LogP) is 3.90. The molecule has 28 heavy (non-hydrogen) atoms. The summed E-state index contributed by atoms with van der Waals surface area (Å²) in [4.78, 5) is 19.3. The minimum Gasteiger partial charge on any atom is -0.496 e. The zero-order valence-electron chi connectivity index (χ0n) is 15.9. The van der Waals surface area contributed by atoms with Gasteiger partial charge >= 0.3 is 0 Å². The van der Waals surface area contributed by atoms with Crippen LogP contribution < -0.4 is 10.1 Å². The van der Waals surface area contributed by atoms with Crippen LogP contribution >= 0.6 is 0 Å². The number of ether oxygens (including phenoxy) is 1. The van der Waals surface area contributed by atoms with E-state index in [0.29, 0.717) is 11.3 Å². The molecule has 1 aromatic heterocycles. The van der Waals surface area contributed by atoms with Crippen molar-refractivity contribution < 1.29 is 9.53 Å². The molecule has 4 rings (SSSR count). The first-order chi connectivity index (χ1) is 13.7. The van der Waals surface area contributed by atoms with Gasteiger partial charge in [-0.05, 0) is 53.4 Å². The molecule has 5 heteroatoms. The van der Waals surface area contributed by atoms with Crippen molar-refractivity contribution in [1.82, 2.24) is 9.88 Å². The van der Waals surface area contributed by atoms with E-state index in [9.17, 15) is 4.79 Å². The molecule has 1 N–H and O–H groups in total. The van der Waals surface area contributed by atoms with E-state index in [-0.39, 0.29) is 5.91 Å². The minimum atomic E-state index is -0.166. The SMILES string of the molecule is COc1ccccc1C(=O)Nc1ccc2c(c1)CN(Cc1cccnc1)CC2. The topological polar surface area (TPSA) is 54.5 Å². The number of pyridine rings is 1. The Balaban J connectivity index is 1.48. The molecule has 2 heterocycles. The zero-order valence-corrected chi connectivity index (χ0v) is 15.9. The number of carbonyl (C=O) groups is 1. The predicted molar refractivity (Wildman–Crippen MR) is 109 cm³/mol. The van der Waals surface area contributed by atoms with E-state index < -0.39 is 0 Å². The first kappa shape index (κ1) is 18.2. The van der Waals surface area contributed by atoms with Gasteiger partial charge < -0.3 is 10.1 Å². The molecule has 0 spiro atoms. The number of anilines is 1. The van der Waals surface area contributed by atoms with E-state index >= 15 is 0 Å². The molecule has 3 aromatic rings. The molecule has 1 aliphatic heterocycles. The average molecular weight is 373 g/mol.